The first-order valence-corrected chi connectivity index (χ1v) is 7.40. The van der Waals surface area contributed by atoms with Crippen LogP contribution in [-0.2, 0) is 0 Å². The number of halogens is 1. The molecule has 1 saturated heterocycles. The lowest BCUT2D eigenvalue weighted by Crippen LogP contribution is -2.36. The van der Waals surface area contributed by atoms with Gasteiger partial charge in [-0.05, 0) is 63.1 Å². The normalized spacial score (nSPS) is 25.2. The van der Waals surface area contributed by atoms with E-state index in [0.29, 0.717) is 12.0 Å². The Bertz CT molecular complexity index is 394. The molecule has 2 unspecified atom stereocenters. The summed E-state index contributed by atoms with van der Waals surface area (Å²) in [5.74, 6) is 0.440. The highest BCUT2D eigenvalue weighted by Crippen LogP contribution is 2.34. The topological polar surface area (TPSA) is 15.3 Å². The molecule has 1 N–H and O–H groups in total. The van der Waals surface area contributed by atoms with Gasteiger partial charge < -0.3 is 5.32 Å². The zero-order chi connectivity index (χ0) is 13.7. The quantitative estimate of drug-likeness (QED) is 0.898. The van der Waals surface area contributed by atoms with Crippen molar-refractivity contribution in [3.05, 3.63) is 35.6 Å². The predicted molar refractivity (Wildman–Crippen MR) is 77.7 cm³/mol. The van der Waals surface area contributed by atoms with Gasteiger partial charge in [-0.2, -0.15) is 0 Å². The molecule has 2 atom stereocenters. The molecule has 0 amide bonds. The molecule has 19 heavy (non-hydrogen) atoms. The molecule has 3 heteroatoms. The Balaban J connectivity index is 2.31. The maximum Gasteiger partial charge on any atom is 0.123 e. The number of hydrogen-bond donors (Lipinski definition) is 1. The van der Waals surface area contributed by atoms with E-state index in [4.69, 9.17) is 0 Å². The van der Waals surface area contributed by atoms with Gasteiger partial charge in [0.15, 0.2) is 0 Å². The van der Waals surface area contributed by atoms with Crippen LogP contribution < -0.4 is 5.32 Å². The molecule has 1 aromatic carbocycles. The molecule has 1 aliphatic heterocycles. The number of rotatable bonds is 4. The van der Waals surface area contributed by atoms with Crippen LogP contribution in [0.2, 0.25) is 0 Å². The van der Waals surface area contributed by atoms with Crippen molar-refractivity contribution in [3.8, 4) is 0 Å². The number of nitrogens with zero attached hydrogens (tertiary/aromatic N) is 1. The number of benzene rings is 1. The first-order chi connectivity index (χ1) is 9.26. The van der Waals surface area contributed by atoms with Gasteiger partial charge in [0.2, 0.25) is 0 Å². The first-order valence-electron chi connectivity index (χ1n) is 7.40. The molecule has 1 heterocycles. The zero-order valence-corrected chi connectivity index (χ0v) is 12.0. The van der Waals surface area contributed by atoms with Crippen LogP contribution in [0.4, 0.5) is 4.39 Å². The van der Waals surface area contributed by atoms with Crippen molar-refractivity contribution in [1.82, 2.24) is 10.2 Å². The van der Waals surface area contributed by atoms with Gasteiger partial charge in [-0.3, -0.25) is 4.90 Å². The third-order valence-electron chi connectivity index (χ3n) is 4.17. The van der Waals surface area contributed by atoms with E-state index in [1.165, 1.54) is 25.3 Å². The summed E-state index contributed by atoms with van der Waals surface area (Å²) in [6.45, 7) is 5.35. The molecule has 1 aromatic rings. The Hall–Kier alpha value is -0.930. The fourth-order valence-electron chi connectivity index (χ4n) is 3.32. The molecule has 1 fully saturated rings. The molecule has 1 aliphatic rings. The monoisotopic (exact) mass is 264 g/mol. The average Bonchev–Trinajstić information content (AvgIpc) is 2.61. The molecule has 0 radical (unpaired) electrons. The van der Waals surface area contributed by atoms with Gasteiger partial charge in [-0.25, -0.2) is 4.39 Å². The van der Waals surface area contributed by atoms with Crippen molar-refractivity contribution in [2.45, 2.75) is 32.2 Å². The molecule has 0 spiro atoms. The second kappa shape index (κ2) is 7.01. The van der Waals surface area contributed by atoms with Crippen LogP contribution >= 0.6 is 0 Å². The Kier molecular flexibility index (Phi) is 5.34. The summed E-state index contributed by atoms with van der Waals surface area (Å²) in [6.07, 6.45) is 3.74. The lowest BCUT2D eigenvalue weighted by Gasteiger charge is -2.35. The lowest BCUT2D eigenvalue weighted by atomic mass is 9.89. The van der Waals surface area contributed by atoms with Crippen LogP contribution in [0.3, 0.4) is 0 Å². The second-order valence-corrected chi connectivity index (χ2v) is 5.44. The second-order valence-electron chi connectivity index (χ2n) is 5.44. The summed E-state index contributed by atoms with van der Waals surface area (Å²) in [6, 6.07) is 7.49. The molecule has 0 bridgehead atoms. The van der Waals surface area contributed by atoms with E-state index in [2.05, 4.69) is 23.2 Å². The molecule has 2 rings (SSSR count). The smallest absolute Gasteiger partial charge is 0.123 e. The Morgan fingerprint density at radius 2 is 2.21 bits per heavy atom. The van der Waals surface area contributed by atoms with E-state index < -0.39 is 0 Å². The Labute approximate surface area is 116 Å². The maximum absolute atomic E-state index is 13.5. The standard InChI is InChI=1S/C16H25FN2/c1-3-19-10-5-4-7-14(12-18-2)16(19)13-8-6-9-15(17)11-13/h6,8-9,11,14,16,18H,3-5,7,10,12H2,1-2H3. The van der Waals surface area contributed by atoms with Crippen molar-refractivity contribution in [3.63, 3.8) is 0 Å². The van der Waals surface area contributed by atoms with Gasteiger partial charge in [-0.1, -0.05) is 25.5 Å². The van der Waals surface area contributed by atoms with Crippen LogP contribution in [-0.4, -0.2) is 31.6 Å². The van der Waals surface area contributed by atoms with Crippen molar-refractivity contribution < 1.29 is 4.39 Å². The Morgan fingerprint density at radius 1 is 1.37 bits per heavy atom. The minimum absolute atomic E-state index is 0.124. The summed E-state index contributed by atoms with van der Waals surface area (Å²) in [4.78, 5) is 2.50. The summed E-state index contributed by atoms with van der Waals surface area (Å²) in [5, 5.41) is 3.30. The van der Waals surface area contributed by atoms with E-state index >= 15 is 0 Å². The largest absolute Gasteiger partial charge is 0.319 e. The van der Waals surface area contributed by atoms with Crippen LogP contribution in [0.1, 0.15) is 37.8 Å². The third-order valence-corrected chi connectivity index (χ3v) is 4.17. The zero-order valence-electron chi connectivity index (χ0n) is 12.0. The first kappa shape index (κ1) is 14.5. The number of nitrogens with one attached hydrogen (secondary N) is 1. The summed E-state index contributed by atoms with van der Waals surface area (Å²) < 4.78 is 13.5. The highest BCUT2D eigenvalue weighted by atomic mass is 19.1. The highest BCUT2D eigenvalue weighted by molar-refractivity contribution is 5.21. The number of hydrogen-bond acceptors (Lipinski definition) is 2. The van der Waals surface area contributed by atoms with E-state index in [9.17, 15) is 4.39 Å². The molecular formula is C16H25FN2. The van der Waals surface area contributed by atoms with Crippen molar-refractivity contribution >= 4 is 0 Å². The minimum atomic E-state index is -0.124. The summed E-state index contributed by atoms with van der Waals surface area (Å²) in [5.41, 5.74) is 1.13. The van der Waals surface area contributed by atoms with Crippen LogP contribution in [0.5, 0.6) is 0 Å². The van der Waals surface area contributed by atoms with E-state index in [1.54, 1.807) is 6.07 Å². The van der Waals surface area contributed by atoms with Crippen molar-refractivity contribution in [2.75, 3.05) is 26.7 Å². The molecule has 0 aliphatic carbocycles. The van der Waals surface area contributed by atoms with Crippen LogP contribution in [0, 0.1) is 11.7 Å². The summed E-state index contributed by atoms with van der Waals surface area (Å²) in [7, 11) is 2.00. The minimum Gasteiger partial charge on any atom is -0.319 e. The maximum atomic E-state index is 13.5. The fraction of sp³-hybridized carbons (Fsp3) is 0.625. The van der Waals surface area contributed by atoms with Crippen LogP contribution in [0.15, 0.2) is 24.3 Å². The predicted octanol–water partition coefficient (Wildman–Crippen LogP) is 3.21. The van der Waals surface area contributed by atoms with Crippen LogP contribution in [0.25, 0.3) is 0 Å². The van der Waals surface area contributed by atoms with Gasteiger partial charge in [-0.15, -0.1) is 0 Å². The number of likely N-dealkylation sites (tertiary alicyclic amines) is 1. The van der Waals surface area contributed by atoms with Gasteiger partial charge in [0, 0.05) is 6.04 Å². The molecule has 0 saturated carbocycles. The van der Waals surface area contributed by atoms with E-state index in [0.717, 1.165) is 25.2 Å². The third kappa shape index (κ3) is 3.54. The van der Waals surface area contributed by atoms with Gasteiger partial charge in [0.1, 0.15) is 5.82 Å². The molecule has 0 aromatic heterocycles. The van der Waals surface area contributed by atoms with E-state index in [1.807, 2.05) is 13.1 Å². The fourth-order valence-corrected chi connectivity index (χ4v) is 3.32. The van der Waals surface area contributed by atoms with Crippen molar-refractivity contribution in [2.24, 2.45) is 5.92 Å². The van der Waals surface area contributed by atoms with Crippen molar-refractivity contribution in [1.29, 1.82) is 0 Å². The Morgan fingerprint density at radius 3 is 2.89 bits per heavy atom. The SMILES string of the molecule is CCN1CCCCC(CNC)C1c1cccc(F)c1. The van der Waals surface area contributed by atoms with Gasteiger partial charge >= 0.3 is 0 Å². The molecular weight excluding hydrogens is 239 g/mol. The van der Waals surface area contributed by atoms with E-state index in [-0.39, 0.29) is 5.82 Å². The molecule has 2 nitrogen and oxygen atoms in total. The van der Waals surface area contributed by atoms with Gasteiger partial charge in [0.25, 0.3) is 0 Å². The van der Waals surface area contributed by atoms with Gasteiger partial charge in [0.05, 0.1) is 0 Å². The lowest BCUT2D eigenvalue weighted by molar-refractivity contribution is 0.162. The average molecular weight is 264 g/mol. The summed E-state index contributed by atoms with van der Waals surface area (Å²) >= 11 is 0. The highest BCUT2D eigenvalue weighted by Gasteiger charge is 2.29. The molecule has 106 valence electrons.